The maximum atomic E-state index is 11.9. The molecule has 26 heavy (non-hydrogen) atoms. The molecule has 0 aliphatic carbocycles. The summed E-state index contributed by atoms with van der Waals surface area (Å²) in [6, 6.07) is 9.81. The Bertz CT molecular complexity index is 575. The van der Waals surface area contributed by atoms with Crippen LogP contribution in [0.25, 0.3) is 0 Å². The van der Waals surface area contributed by atoms with Crippen LogP contribution in [0.4, 0.5) is 4.79 Å². The van der Waals surface area contributed by atoms with E-state index in [1.165, 1.54) is 0 Å². The topological polar surface area (TPSA) is 67.9 Å². The van der Waals surface area contributed by atoms with E-state index in [9.17, 15) is 9.59 Å². The monoisotopic (exact) mass is 362 g/mol. The fraction of sp³-hybridized carbons (Fsp3) is 0.600. The second-order valence-electron chi connectivity index (χ2n) is 7.66. The zero-order valence-electron chi connectivity index (χ0n) is 16.0. The second kappa shape index (κ2) is 9.57. The van der Waals surface area contributed by atoms with E-state index in [1.807, 2.05) is 51.1 Å². The Balaban J connectivity index is 1.60. The minimum absolute atomic E-state index is 0.131. The van der Waals surface area contributed by atoms with Crippen LogP contribution in [0.15, 0.2) is 30.3 Å². The number of carbonyl (C=O) groups is 2. The van der Waals surface area contributed by atoms with E-state index in [2.05, 4.69) is 10.2 Å². The number of nitrogens with one attached hydrogen (secondary N) is 1. The van der Waals surface area contributed by atoms with Gasteiger partial charge in [0.05, 0.1) is 6.42 Å². The van der Waals surface area contributed by atoms with Crippen molar-refractivity contribution in [2.24, 2.45) is 0 Å². The Morgan fingerprint density at radius 3 is 2.42 bits per heavy atom. The molecule has 0 aromatic heterocycles. The molecule has 1 N–H and O–H groups in total. The van der Waals surface area contributed by atoms with Gasteiger partial charge < -0.3 is 19.7 Å². The lowest BCUT2D eigenvalue weighted by Gasteiger charge is -2.32. The lowest BCUT2D eigenvalue weighted by atomic mass is 10.1. The van der Waals surface area contributed by atoms with Gasteiger partial charge in [-0.2, -0.15) is 0 Å². The maximum Gasteiger partial charge on any atom is 0.407 e. The highest BCUT2D eigenvalue weighted by atomic mass is 16.6. The Kier molecular flexibility index (Phi) is 7.45. The number of rotatable bonds is 6. The summed E-state index contributed by atoms with van der Waals surface area (Å²) in [6.45, 7) is 8.28. The Morgan fingerprint density at radius 2 is 1.81 bits per heavy atom. The molecule has 1 aromatic carbocycles. The summed E-state index contributed by atoms with van der Waals surface area (Å²) in [7, 11) is 0. The van der Waals surface area contributed by atoms with Gasteiger partial charge in [0.15, 0.2) is 0 Å². The molecule has 1 saturated heterocycles. The number of hydrogen-bond donors (Lipinski definition) is 1. The van der Waals surface area contributed by atoms with Gasteiger partial charge in [-0.25, -0.2) is 4.79 Å². The number of nitrogens with zero attached hydrogens (tertiary/aromatic N) is 1. The third kappa shape index (κ3) is 7.87. The minimum Gasteiger partial charge on any atom is -0.461 e. The quantitative estimate of drug-likeness (QED) is 0.788. The summed E-state index contributed by atoms with van der Waals surface area (Å²) < 4.78 is 10.6. The average molecular weight is 362 g/mol. The number of alkyl carbamates (subject to hydrolysis) is 1. The van der Waals surface area contributed by atoms with Gasteiger partial charge in [-0.1, -0.05) is 30.3 Å². The van der Waals surface area contributed by atoms with Crippen LogP contribution in [0.1, 0.15) is 45.6 Å². The molecule has 0 unspecified atom stereocenters. The van der Waals surface area contributed by atoms with Crippen molar-refractivity contribution < 1.29 is 19.1 Å². The number of hydrogen-bond acceptors (Lipinski definition) is 5. The summed E-state index contributed by atoms with van der Waals surface area (Å²) in [6.07, 6.45) is 1.74. The van der Waals surface area contributed by atoms with Gasteiger partial charge in [0, 0.05) is 25.7 Å². The summed E-state index contributed by atoms with van der Waals surface area (Å²) >= 11 is 0. The molecule has 144 valence electrons. The summed E-state index contributed by atoms with van der Waals surface area (Å²) in [5.41, 5.74) is 0.514. The lowest BCUT2D eigenvalue weighted by Crippen LogP contribution is -2.46. The van der Waals surface area contributed by atoms with Crippen molar-refractivity contribution in [2.45, 2.75) is 58.3 Å². The van der Waals surface area contributed by atoms with Crippen LogP contribution in [-0.2, 0) is 20.9 Å². The smallest absolute Gasteiger partial charge is 0.407 e. The first-order chi connectivity index (χ1) is 12.3. The molecule has 1 fully saturated rings. The molecule has 0 spiro atoms. The summed E-state index contributed by atoms with van der Waals surface area (Å²) in [5, 5.41) is 2.92. The van der Waals surface area contributed by atoms with Crippen LogP contribution in [0, 0.1) is 0 Å². The highest BCUT2D eigenvalue weighted by molar-refractivity contribution is 5.69. The number of amides is 1. The average Bonchev–Trinajstić information content (AvgIpc) is 2.58. The lowest BCUT2D eigenvalue weighted by molar-refractivity contribution is -0.145. The molecule has 1 aromatic rings. The zero-order chi connectivity index (χ0) is 19.0. The standard InChI is InChI=1S/C20H30N2O4/c1-20(2,3)26-19(24)21-17-9-12-22(13-10-17)14-11-18(23)25-15-16-7-5-4-6-8-16/h4-8,17H,9-15H2,1-3H3,(H,21,24). The number of ether oxygens (including phenoxy) is 2. The second-order valence-corrected chi connectivity index (χ2v) is 7.66. The number of carbonyl (C=O) groups excluding carboxylic acids is 2. The SMILES string of the molecule is CC(C)(C)OC(=O)NC1CCN(CCC(=O)OCc2ccccc2)CC1. The van der Waals surface area contributed by atoms with Gasteiger partial charge in [0.25, 0.3) is 0 Å². The normalized spacial score (nSPS) is 16.1. The van der Waals surface area contributed by atoms with Gasteiger partial charge >= 0.3 is 12.1 Å². The Morgan fingerprint density at radius 1 is 1.15 bits per heavy atom. The predicted octanol–water partition coefficient (Wildman–Crippen LogP) is 3.11. The van der Waals surface area contributed by atoms with Crippen molar-refractivity contribution in [2.75, 3.05) is 19.6 Å². The van der Waals surface area contributed by atoms with Gasteiger partial charge in [-0.05, 0) is 39.2 Å². The van der Waals surface area contributed by atoms with E-state index in [-0.39, 0.29) is 18.1 Å². The summed E-state index contributed by atoms with van der Waals surface area (Å²) in [5.74, 6) is -0.178. The molecule has 2 rings (SSSR count). The van der Waals surface area contributed by atoms with Crippen LogP contribution < -0.4 is 5.32 Å². The molecule has 6 nitrogen and oxygen atoms in total. The maximum absolute atomic E-state index is 11.9. The van der Waals surface area contributed by atoms with Crippen molar-refractivity contribution in [1.82, 2.24) is 10.2 Å². The van der Waals surface area contributed by atoms with E-state index in [4.69, 9.17) is 9.47 Å². The highest BCUT2D eigenvalue weighted by Gasteiger charge is 2.23. The van der Waals surface area contributed by atoms with Crippen molar-refractivity contribution in [1.29, 1.82) is 0 Å². The van der Waals surface area contributed by atoms with Crippen LogP contribution >= 0.6 is 0 Å². The van der Waals surface area contributed by atoms with Crippen molar-refractivity contribution in [3.63, 3.8) is 0 Å². The fourth-order valence-electron chi connectivity index (χ4n) is 2.83. The molecule has 1 amide bonds. The van der Waals surface area contributed by atoms with E-state index in [0.717, 1.165) is 31.5 Å². The molecule has 0 saturated carbocycles. The van der Waals surface area contributed by atoms with Crippen LogP contribution in [0.3, 0.4) is 0 Å². The van der Waals surface area contributed by atoms with E-state index in [0.29, 0.717) is 19.6 Å². The molecule has 1 heterocycles. The number of likely N-dealkylation sites (tertiary alicyclic amines) is 1. The largest absolute Gasteiger partial charge is 0.461 e. The van der Waals surface area contributed by atoms with Gasteiger partial charge in [0.2, 0.25) is 0 Å². The molecule has 0 atom stereocenters. The first kappa shape index (κ1) is 20.2. The van der Waals surface area contributed by atoms with E-state index < -0.39 is 5.60 Å². The Labute approximate surface area is 155 Å². The molecular weight excluding hydrogens is 332 g/mol. The minimum atomic E-state index is -0.481. The fourth-order valence-corrected chi connectivity index (χ4v) is 2.83. The Hall–Kier alpha value is -2.08. The summed E-state index contributed by atoms with van der Waals surface area (Å²) in [4.78, 5) is 25.9. The van der Waals surface area contributed by atoms with Crippen LogP contribution in [-0.4, -0.2) is 48.2 Å². The van der Waals surface area contributed by atoms with Crippen molar-refractivity contribution in [3.05, 3.63) is 35.9 Å². The molecule has 1 aliphatic rings. The molecule has 0 radical (unpaired) electrons. The molecule has 1 aliphatic heterocycles. The van der Waals surface area contributed by atoms with Gasteiger partial charge in [0.1, 0.15) is 12.2 Å². The molecular formula is C20H30N2O4. The number of esters is 1. The number of benzene rings is 1. The van der Waals surface area contributed by atoms with Gasteiger partial charge in [-0.3, -0.25) is 4.79 Å². The third-order valence-corrected chi connectivity index (χ3v) is 4.18. The van der Waals surface area contributed by atoms with Crippen molar-refractivity contribution >= 4 is 12.1 Å². The zero-order valence-corrected chi connectivity index (χ0v) is 16.0. The molecule has 0 bridgehead atoms. The predicted molar refractivity (Wildman–Crippen MR) is 99.7 cm³/mol. The third-order valence-electron chi connectivity index (χ3n) is 4.18. The van der Waals surface area contributed by atoms with E-state index in [1.54, 1.807) is 0 Å². The van der Waals surface area contributed by atoms with Crippen LogP contribution in [0.5, 0.6) is 0 Å². The van der Waals surface area contributed by atoms with Crippen LogP contribution in [0.2, 0.25) is 0 Å². The first-order valence-corrected chi connectivity index (χ1v) is 9.23. The van der Waals surface area contributed by atoms with Gasteiger partial charge in [-0.15, -0.1) is 0 Å². The first-order valence-electron chi connectivity index (χ1n) is 9.23. The highest BCUT2D eigenvalue weighted by Crippen LogP contribution is 2.13. The number of piperidine rings is 1. The molecule has 6 heteroatoms. The van der Waals surface area contributed by atoms with E-state index >= 15 is 0 Å². The van der Waals surface area contributed by atoms with Crippen molar-refractivity contribution in [3.8, 4) is 0 Å².